The molecule has 9 heteroatoms. The number of hydrogen-bond acceptors (Lipinski definition) is 9. The number of methoxy groups -OCH3 is 3. The molecule has 1 saturated carbocycles. The third-order valence-electron chi connectivity index (χ3n) is 7.66. The molecule has 0 spiro atoms. The van der Waals surface area contributed by atoms with Crippen molar-refractivity contribution in [3.63, 3.8) is 0 Å². The van der Waals surface area contributed by atoms with Gasteiger partial charge in [0, 0.05) is 40.1 Å². The highest BCUT2D eigenvalue weighted by atomic mass is 16.7. The Morgan fingerprint density at radius 1 is 0.889 bits per heavy atom. The summed E-state index contributed by atoms with van der Waals surface area (Å²) in [5.41, 5.74) is 0.303. The van der Waals surface area contributed by atoms with Crippen LogP contribution in [-0.2, 0) is 38.0 Å². The minimum atomic E-state index is -1.03. The van der Waals surface area contributed by atoms with Gasteiger partial charge in [0.25, 0.3) is 0 Å². The van der Waals surface area contributed by atoms with Crippen molar-refractivity contribution in [3.05, 3.63) is 23.8 Å². The van der Waals surface area contributed by atoms with Crippen molar-refractivity contribution in [2.75, 3.05) is 48.3 Å². The quantitative estimate of drug-likeness (QED) is 0.254. The van der Waals surface area contributed by atoms with Crippen LogP contribution in [0.5, 0.6) is 0 Å². The summed E-state index contributed by atoms with van der Waals surface area (Å²) < 4.78 is 38.9. The standard InChI is InChI=1S/C27H44O9/c1-6-33-27(29)24-13-22-18(7-8-21-23(22)9-17(2)26(21)36-16-32-5)10-19(34-14-30-3)11-20(12-25(24)28)35-15-31-4/h7-8,13,17-23,25-26,28H,6,9-12,14-16H2,1-5H3/b24-13-/t17-,18+,19+,20+,21-,22-,23-,25-,26-/m0/s1. The van der Waals surface area contributed by atoms with E-state index in [1.54, 1.807) is 28.3 Å². The first-order valence-corrected chi connectivity index (χ1v) is 13.0. The zero-order chi connectivity index (χ0) is 26.1. The first-order valence-electron chi connectivity index (χ1n) is 13.0. The Hall–Kier alpha value is -1.33. The van der Waals surface area contributed by atoms with Crippen LogP contribution in [0.4, 0.5) is 0 Å². The molecule has 3 rings (SSSR count). The predicted molar refractivity (Wildman–Crippen MR) is 132 cm³/mol. The molecule has 206 valence electrons. The van der Waals surface area contributed by atoms with Crippen molar-refractivity contribution in [2.24, 2.45) is 29.6 Å². The van der Waals surface area contributed by atoms with Crippen LogP contribution in [0, 0.1) is 29.6 Å². The Labute approximate surface area is 215 Å². The number of carbonyl (C=O) groups is 1. The lowest BCUT2D eigenvalue weighted by molar-refractivity contribution is -0.141. The lowest BCUT2D eigenvalue weighted by atomic mass is 9.68. The van der Waals surface area contributed by atoms with Crippen LogP contribution >= 0.6 is 0 Å². The molecule has 1 N–H and O–H groups in total. The molecule has 0 heterocycles. The highest BCUT2D eigenvalue weighted by Crippen LogP contribution is 2.50. The van der Waals surface area contributed by atoms with Crippen molar-refractivity contribution >= 4 is 5.97 Å². The molecule has 0 aromatic carbocycles. The normalized spacial score (nSPS) is 38.1. The number of fused-ring (bicyclic) bond motifs is 3. The Balaban J connectivity index is 1.98. The Bertz CT molecular complexity index is 739. The summed E-state index contributed by atoms with van der Waals surface area (Å²) in [5, 5.41) is 11.3. The average Bonchev–Trinajstić information content (AvgIpc) is 3.18. The molecule has 3 aliphatic rings. The summed E-state index contributed by atoms with van der Waals surface area (Å²) in [4.78, 5) is 13.0. The lowest BCUT2D eigenvalue weighted by Gasteiger charge is -2.39. The number of hydrogen-bond donors (Lipinski definition) is 1. The number of carbonyl (C=O) groups excluding carboxylic acids is 1. The maximum Gasteiger partial charge on any atom is 0.336 e. The smallest absolute Gasteiger partial charge is 0.336 e. The molecule has 0 aromatic heterocycles. The molecule has 0 bridgehead atoms. The Kier molecular flexibility index (Phi) is 11.8. The number of aliphatic hydroxyl groups excluding tert-OH is 1. The highest BCUT2D eigenvalue weighted by molar-refractivity contribution is 5.89. The number of esters is 1. The molecule has 0 aromatic rings. The molecule has 3 aliphatic carbocycles. The molecular formula is C27H44O9. The van der Waals surface area contributed by atoms with E-state index in [4.69, 9.17) is 33.2 Å². The minimum Gasteiger partial charge on any atom is -0.463 e. The number of aliphatic hydroxyl groups is 1. The van der Waals surface area contributed by atoms with Gasteiger partial charge in [-0.25, -0.2) is 4.79 Å². The summed E-state index contributed by atoms with van der Waals surface area (Å²) in [5.74, 6) is 0.456. The van der Waals surface area contributed by atoms with Crippen molar-refractivity contribution in [3.8, 4) is 0 Å². The molecule has 0 radical (unpaired) electrons. The van der Waals surface area contributed by atoms with Crippen LogP contribution in [0.15, 0.2) is 23.8 Å². The van der Waals surface area contributed by atoms with Gasteiger partial charge in [0.2, 0.25) is 0 Å². The minimum absolute atomic E-state index is 0.0257. The number of rotatable bonds is 11. The molecule has 0 aliphatic heterocycles. The van der Waals surface area contributed by atoms with Crippen LogP contribution in [0.1, 0.15) is 39.5 Å². The second-order valence-electron chi connectivity index (χ2n) is 10.1. The van der Waals surface area contributed by atoms with Crippen LogP contribution < -0.4 is 0 Å². The third kappa shape index (κ3) is 7.37. The molecule has 9 nitrogen and oxygen atoms in total. The fourth-order valence-electron chi connectivity index (χ4n) is 6.13. The molecule has 0 unspecified atom stereocenters. The van der Waals surface area contributed by atoms with Gasteiger partial charge in [-0.2, -0.15) is 0 Å². The van der Waals surface area contributed by atoms with E-state index >= 15 is 0 Å². The number of allylic oxidation sites excluding steroid dienone is 2. The van der Waals surface area contributed by atoms with E-state index in [9.17, 15) is 9.90 Å². The topological polar surface area (TPSA) is 102 Å². The second kappa shape index (κ2) is 14.6. The zero-order valence-corrected chi connectivity index (χ0v) is 22.3. The second-order valence-corrected chi connectivity index (χ2v) is 10.1. The van der Waals surface area contributed by atoms with Crippen molar-refractivity contribution in [1.82, 2.24) is 0 Å². The highest BCUT2D eigenvalue weighted by Gasteiger charge is 2.48. The van der Waals surface area contributed by atoms with E-state index in [1.807, 2.05) is 6.08 Å². The summed E-state index contributed by atoms with van der Waals surface area (Å²) in [6, 6.07) is 0. The van der Waals surface area contributed by atoms with Gasteiger partial charge in [-0.05, 0) is 43.4 Å². The van der Waals surface area contributed by atoms with Crippen molar-refractivity contribution in [1.29, 1.82) is 0 Å². The first kappa shape index (κ1) is 29.2. The molecule has 1 fully saturated rings. The molecule has 9 atom stereocenters. The van der Waals surface area contributed by atoms with Crippen molar-refractivity contribution in [2.45, 2.75) is 63.9 Å². The van der Waals surface area contributed by atoms with E-state index in [2.05, 4.69) is 19.1 Å². The van der Waals surface area contributed by atoms with Crippen LogP contribution in [-0.4, -0.2) is 83.8 Å². The van der Waals surface area contributed by atoms with Crippen LogP contribution in [0.3, 0.4) is 0 Å². The predicted octanol–water partition coefficient (Wildman–Crippen LogP) is 3.06. The Morgan fingerprint density at radius 2 is 1.53 bits per heavy atom. The summed E-state index contributed by atoms with van der Waals surface area (Å²) in [7, 11) is 4.79. The van der Waals surface area contributed by atoms with E-state index < -0.39 is 12.1 Å². The van der Waals surface area contributed by atoms with Gasteiger partial charge in [0.15, 0.2) is 0 Å². The van der Waals surface area contributed by atoms with Gasteiger partial charge in [0.05, 0.1) is 36.6 Å². The summed E-state index contributed by atoms with van der Waals surface area (Å²) >= 11 is 0. The first-order chi connectivity index (χ1) is 17.4. The van der Waals surface area contributed by atoms with Crippen LogP contribution in [0.2, 0.25) is 0 Å². The maximum absolute atomic E-state index is 13.0. The lowest BCUT2D eigenvalue weighted by Crippen LogP contribution is -2.38. The van der Waals surface area contributed by atoms with Crippen molar-refractivity contribution < 1.29 is 43.1 Å². The molecule has 36 heavy (non-hydrogen) atoms. The monoisotopic (exact) mass is 512 g/mol. The number of ether oxygens (including phenoxy) is 7. The molecular weight excluding hydrogens is 468 g/mol. The summed E-state index contributed by atoms with van der Waals surface area (Å²) in [6.07, 6.45) is 7.43. The largest absolute Gasteiger partial charge is 0.463 e. The van der Waals surface area contributed by atoms with Gasteiger partial charge in [-0.1, -0.05) is 25.2 Å². The van der Waals surface area contributed by atoms with E-state index in [0.717, 1.165) is 12.8 Å². The fourth-order valence-corrected chi connectivity index (χ4v) is 6.13. The summed E-state index contributed by atoms with van der Waals surface area (Å²) in [6.45, 7) is 4.72. The maximum atomic E-state index is 13.0. The Morgan fingerprint density at radius 3 is 2.17 bits per heavy atom. The van der Waals surface area contributed by atoms with Gasteiger partial charge >= 0.3 is 5.97 Å². The van der Waals surface area contributed by atoms with Crippen LogP contribution in [0.25, 0.3) is 0 Å². The van der Waals surface area contributed by atoms with Gasteiger partial charge in [0.1, 0.15) is 20.4 Å². The van der Waals surface area contributed by atoms with E-state index in [-0.39, 0.29) is 75.4 Å². The molecule has 0 saturated heterocycles. The van der Waals surface area contributed by atoms with Gasteiger partial charge in [-0.15, -0.1) is 0 Å². The SMILES string of the molecule is CCOC(=O)/C1=C\[C@@H]2[C@H]3C[C@H](C)[C@H](OCOC)[C@H]3C=C[C@@H]2C[C@@H](OCOC)C[C@@H](OCOC)C[C@@H]1O. The third-order valence-corrected chi connectivity index (χ3v) is 7.66. The fraction of sp³-hybridized carbons (Fsp3) is 0.815. The average molecular weight is 513 g/mol. The van der Waals surface area contributed by atoms with E-state index in [0.29, 0.717) is 17.9 Å². The molecule has 0 amide bonds. The van der Waals surface area contributed by atoms with Gasteiger partial charge in [-0.3, -0.25) is 0 Å². The van der Waals surface area contributed by atoms with Gasteiger partial charge < -0.3 is 38.3 Å². The zero-order valence-electron chi connectivity index (χ0n) is 22.3. The van der Waals surface area contributed by atoms with E-state index in [1.165, 1.54) is 0 Å².